The van der Waals surface area contributed by atoms with E-state index in [9.17, 15) is 19.9 Å². The molecular weight excluding hydrogens is 412 g/mol. The van der Waals surface area contributed by atoms with Crippen molar-refractivity contribution in [1.29, 1.82) is 0 Å². The third-order valence-electron chi connectivity index (χ3n) is 4.79. The lowest BCUT2D eigenvalue weighted by atomic mass is 9.78. The second-order valence-electron chi connectivity index (χ2n) is 7.34. The lowest BCUT2D eigenvalue weighted by Crippen LogP contribution is -2.38. The van der Waals surface area contributed by atoms with Crippen molar-refractivity contribution < 1.29 is 34.4 Å². The SMILES string of the molecule is COc1ccc(Cc2cc(B(O)Oc3cccc(B(O)O)c3)cc(C)n2)cc1CC(=O)O. The van der Waals surface area contributed by atoms with Crippen molar-refractivity contribution in [2.75, 3.05) is 7.11 Å². The van der Waals surface area contributed by atoms with E-state index in [1.54, 1.807) is 43.3 Å². The van der Waals surface area contributed by atoms with Gasteiger partial charge in [-0.25, -0.2) is 0 Å². The van der Waals surface area contributed by atoms with Crippen molar-refractivity contribution in [2.24, 2.45) is 0 Å². The quantitative estimate of drug-likeness (QED) is 0.348. The van der Waals surface area contributed by atoms with Crippen LogP contribution in [0.2, 0.25) is 0 Å². The highest BCUT2D eigenvalue weighted by Gasteiger charge is 2.22. The first kappa shape index (κ1) is 23.3. The monoisotopic (exact) mass is 435 g/mol. The summed E-state index contributed by atoms with van der Waals surface area (Å²) in [6.45, 7) is 1.80. The van der Waals surface area contributed by atoms with Crippen LogP contribution in [0.1, 0.15) is 22.5 Å². The number of pyridine rings is 1. The summed E-state index contributed by atoms with van der Waals surface area (Å²) in [5.74, 6) is -0.157. The molecule has 2 aromatic carbocycles. The van der Waals surface area contributed by atoms with E-state index in [0.717, 1.165) is 5.56 Å². The van der Waals surface area contributed by atoms with Crippen molar-refractivity contribution in [2.45, 2.75) is 19.8 Å². The summed E-state index contributed by atoms with van der Waals surface area (Å²) in [7, 11) is -1.44. The molecule has 10 heteroatoms. The fourth-order valence-corrected chi connectivity index (χ4v) is 3.40. The molecule has 164 valence electrons. The fraction of sp³-hybridized carbons (Fsp3) is 0.182. The van der Waals surface area contributed by atoms with Gasteiger partial charge in [0.2, 0.25) is 0 Å². The van der Waals surface area contributed by atoms with Gasteiger partial charge < -0.3 is 29.6 Å². The molecule has 0 aliphatic heterocycles. The lowest BCUT2D eigenvalue weighted by Gasteiger charge is -2.13. The van der Waals surface area contributed by atoms with Crippen LogP contribution < -0.4 is 20.3 Å². The number of carboxylic acid groups (broad SMARTS) is 1. The standard InChI is InChI=1S/C22H23B2NO7/c1-14-8-18(24(30)32-20-5-3-4-17(13-20)23(28)29)12-19(25-14)10-15-6-7-21(31-2)16(9-15)11-22(26)27/h3-9,12-13,28-30H,10-11H2,1-2H3,(H,26,27). The number of ether oxygens (including phenoxy) is 1. The minimum Gasteiger partial charge on any atom is -0.532 e. The van der Waals surface area contributed by atoms with Gasteiger partial charge in [-0.1, -0.05) is 24.3 Å². The minimum absolute atomic E-state index is 0.155. The van der Waals surface area contributed by atoms with E-state index < -0.39 is 20.2 Å². The third kappa shape index (κ3) is 6.10. The van der Waals surface area contributed by atoms with Crippen LogP contribution in [0.5, 0.6) is 11.5 Å². The number of carbonyl (C=O) groups is 1. The largest absolute Gasteiger partial charge is 0.560 e. The van der Waals surface area contributed by atoms with Crippen LogP contribution in [0.3, 0.4) is 0 Å². The van der Waals surface area contributed by atoms with Gasteiger partial charge in [0, 0.05) is 28.8 Å². The van der Waals surface area contributed by atoms with Gasteiger partial charge in [-0.2, -0.15) is 0 Å². The van der Waals surface area contributed by atoms with Crippen molar-refractivity contribution in [3.63, 3.8) is 0 Å². The number of nitrogens with zero attached hydrogens (tertiary/aromatic N) is 1. The van der Waals surface area contributed by atoms with Crippen LogP contribution in [0.25, 0.3) is 0 Å². The maximum absolute atomic E-state index is 11.1. The summed E-state index contributed by atoms with van der Waals surface area (Å²) in [4.78, 5) is 15.7. The van der Waals surface area contributed by atoms with E-state index in [2.05, 4.69) is 4.98 Å². The Balaban J connectivity index is 1.81. The molecule has 3 aromatic rings. The highest BCUT2D eigenvalue weighted by molar-refractivity contribution is 6.61. The van der Waals surface area contributed by atoms with Gasteiger partial charge in [-0.05, 0) is 48.3 Å². The Kier molecular flexibility index (Phi) is 7.53. The predicted molar refractivity (Wildman–Crippen MR) is 121 cm³/mol. The normalized spacial score (nSPS) is 10.5. The first-order valence-corrected chi connectivity index (χ1v) is 9.91. The van der Waals surface area contributed by atoms with Gasteiger partial charge in [0.1, 0.15) is 11.5 Å². The maximum atomic E-state index is 11.1. The second-order valence-corrected chi connectivity index (χ2v) is 7.34. The van der Waals surface area contributed by atoms with E-state index in [-0.39, 0.29) is 17.6 Å². The predicted octanol–water partition coefficient (Wildman–Crippen LogP) is 0.0628. The lowest BCUT2D eigenvalue weighted by molar-refractivity contribution is -0.136. The number of methoxy groups -OCH3 is 1. The summed E-state index contributed by atoms with van der Waals surface area (Å²) >= 11 is 0. The van der Waals surface area contributed by atoms with Gasteiger partial charge in [-0.15, -0.1) is 0 Å². The molecule has 0 radical (unpaired) electrons. The molecule has 4 N–H and O–H groups in total. The molecule has 0 aliphatic rings. The van der Waals surface area contributed by atoms with Crippen molar-refractivity contribution in [1.82, 2.24) is 4.98 Å². The highest BCUT2D eigenvalue weighted by Crippen LogP contribution is 2.22. The van der Waals surface area contributed by atoms with Crippen LogP contribution in [0.15, 0.2) is 54.6 Å². The molecule has 8 nitrogen and oxygen atoms in total. The van der Waals surface area contributed by atoms with Gasteiger partial charge in [0.05, 0.1) is 13.5 Å². The molecule has 0 amide bonds. The molecule has 0 saturated carbocycles. The Hall–Kier alpha value is -3.33. The zero-order valence-electron chi connectivity index (χ0n) is 17.7. The van der Waals surface area contributed by atoms with Crippen LogP contribution >= 0.6 is 0 Å². The Morgan fingerprint density at radius 2 is 1.81 bits per heavy atom. The van der Waals surface area contributed by atoms with E-state index in [4.69, 9.17) is 14.5 Å². The molecule has 1 aromatic heterocycles. The number of aromatic nitrogens is 1. The molecule has 0 spiro atoms. The number of benzene rings is 2. The maximum Gasteiger partial charge on any atom is 0.560 e. The summed E-state index contributed by atoms with van der Waals surface area (Å²) in [6, 6.07) is 14.9. The van der Waals surface area contributed by atoms with Crippen LogP contribution in [-0.2, 0) is 17.6 Å². The Morgan fingerprint density at radius 1 is 1.03 bits per heavy atom. The molecule has 0 bridgehead atoms. The number of hydrogen-bond donors (Lipinski definition) is 4. The van der Waals surface area contributed by atoms with Crippen LogP contribution in [0, 0.1) is 6.92 Å². The third-order valence-corrected chi connectivity index (χ3v) is 4.79. The molecule has 0 aliphatic carbocycles. The Labute approximate surface area is 186 Å². The fourth-order valence-electron chi connectivity index (χ4n) is 3.40. The van der Waals surface area contributed by atoms with Crippen LogP contribution in [0.4, 0.5) is 0 Å². The average Bonchev–Trinajstić information content (AvgIpc) is 2.73. The van der Waals surface area contributed by atoms with Gasteiger partial charge in [-0.3, -0.25) is 9.78 Å². The Morgan fingerprint density at radius 3 is 2.50 bits per heavy atom. The number of hydrogen-bond acceptors (Lipinski definition) is 7. The molecular formula is C22H23B2NO7. The molecule has 0 unspecified atom stereocenters. The van der Waals surface area contributed by atoms with E-state index in [0.29, 0.717) is 34.6 Å². The van der Waals surface area contributed by atoms with E-state index >= 15 is 0 Å². The number of aryl methyl sites for hydroxylation is 1. The van der Waals surface area contributed by atoms with E-state index in [1.165, 1.54) is 19.2 Å². The van der Waals surface area contributed by atoms with Crippen molar-refractivity contribution in [3.8, 4) is 11.5 Å². The summed E-state index contributed by atoms with van der Waals surface area (Å²) in [6.07, 6.45) is 0.266. The molecule has 32 heavy (non-hydrogen) atoms. The first-order chi connectivity index (χ1) is 15.2. The molecule has 0 fully saturated rings. The molecule has 1 heterocycles. The first-order valence-electron chi connectivity index (χ1n) is 9.91. The zero-order valence-corrected chi connectivity index (χ0v) is 17.7. The average molecular weight is 435 g/mol. The van der Waals surface area contributed by atoms with E-state index in [1.807, 2.05) is 6.07 Å². The number of aliphatic carboxylic acids is 1. The topological polar surface area (TPSA) is 129 Å². The van der Waals surface area contributed by atoms with Gasteiger partial charge >= 0.3 is 20.2 Å². The smallest absolute Gasteiger partial charge is 0.532 e. The van der Waals surface area contributed by atoms with Crippen molar-refractivity contribution >= 4 is 31.1 Å². The van der Waals surface area contributed by atoms with Gasteiger partial charge in [0.25, 0.3) is 0 Å². The summed E-state index contributed by atoms with van der Waals surface area (Å²) in [5, 5.41) is 38.3. The zero-order chi connectivity index (χ0) is 23.3. The molecule has 0 saturated heterocycles. The second kappa shape index (κ2) is 10.3. The highest BCUT2D eigenvalue weighted by atomic mass is 16.5. The van der Waals surface area contributed by atoms with Crippen LogP contribution in [-0.4, -0.2) is 52.5 Å². The number of carboxylic acids is 1. The summed E-state index contributed by atoms with van der Waals surface area (Å²) in [5.41, 5.74) is 3.51. The Bertz CT molecular complexity index is 1110. The minimum atomic E-state index is -1.64. The van der Waals surface area contributed by atoms with Gasteiger partial charge in [0.15, 0.2) is 0 Å². The summed E-state index contributed by atoms with van der Waals surface area (Å²) < 4.78 is 10.8. The molecule has 3 rings (SSSR count). The molecule has 0 atom stereocenters. The van der Waals surface area contributed by atoms with Crippen molar-refractivity contribution in [3.05, 3.63) is 77.1 Å². The number of rotatable bonds is 9.